The average Bonchev–Trinajstić information content (AvgIpc) is 3.19. The number of amides is 1. The van der Waals surface area contributed by atoms with E-state index in [-0.39, 0.29) is 5.91 Å². The summed E-state index contributed by atoms with van der Waals surface area (Å²) in [6.07, 6.45) is 8.03. The molecule has 1 amide bonds. The summed E-state index contributed by atoms with van der Waals surface area (Å²) in [4.78, 5) is 12.4. The predicted molar refractivity (Wildman–Crippen MR) is 85.3 cm³/mol. The number of aromatic nitrogens is 1. The molecule has 2 fully saturated rings. The molecule has 21 heavy (non-hydrogen) atoms. The van der Waals surface area contributed by atoms with Crippen molar-refractivity contribution in [3.63, 3.8) is 0 Å². The Morgan fingerprint density at radius 2 is 2.29 bits per heavy atom. The molecule has 1 aromatic heterocycles. The Hall–Kier alpha value is -0.810. The first kappa shape index (κ1) is 15.1. The van der Waals surface area contributed by atoms with E-state index in [2.05, 4.69) is 28.2 Å². The highest BCUT2D eigenvalue weighted by Crippen LogP contribution is 2.37. The lowest BCUT2D eigenvalue weighted by Crippen LogP contribution is -2.46. The fraction of sp³-hybridized carbons (Fsp3) is 0.688. The highest BCUT2D eigenvalue weighted by Gasteiger charge is 2.34. The highest BCUT2D eigenvalue weighted by molar-refractivity contribution is 9.10. The Morgan fingerprint density at radius 3 is 2.95 bits per heavy atom. The van der Waals surface area contributed by atoms with Crippen LogP contribution >= 0.6 is 15.9 Å². The molecule has 0 aliphatic heterocycles. The van der Waals surface area contributed by atoms with Gasteiger partial charge in [0, 0.05) is 23.3 Å². The molecule has 0 bridgehead atoms. The minimum absolute atomic E-state index is 0.0840. The van der Waals surface area contributed by atoms with Gasteiger partial charge in [-0.15, -0.1) is 0 Å². The molecule has 1 aromatic rings. The standard InChI is InChI=1S/C16H23BrN2O2/c1-11-3-2-6-16(21,8-11)10-18-15(20)14-7-12(17)9-19(14)13-4-5-13/h7,9,11,13,21H,2-6,8,10H2,1H3,(H,18,20). The van der Waals surface area contributed by atoms with Gasteiger partial charge in [-0.1, -0.05) is 19.8 Å². The van der Waals surface area contributed by atoms with Gasteiger partial charge < -0.3 is 15.0 Å². The van der Waals surface area contributed by atoms with Crippen molar-refractivity contribution in [2.45, 2.75) is 57.1 Å². The Morgan fingerprint density at radius 1 is 1.52 bits per heavy atom. The van der Waals surface area contributed by atoms with Crippen LogP contribution in [0.2, 0.25) is 0 Å². The molecule has 3 rings (SSSR count). The second-order valence-electron chi connectivity index (χ2n) is 6.79. The predicted octanol–water partition coefficient (Wildman–Crippen LogP) is 3.26. The van der Waals surface area contributed by atoms with Crippen molar-refractivity contribution < 1.29 is 9.90 Å². The molecular weight excluding hydrogens is 332 g/mol. The Bertz CT molecular complexity index is 538. The fourth-order valence-electron chi connectivity index (χ4n) is 3.41. The number of hydrogen-bond acceptors (Lipinski definition) is 2. The van der Waals surface area contributed by atoms with E-state index in [1.54, 1.807) is 0 Å². The van der Waals surface area contributed by atoms with Gasteiger partial charge in [-0.05, 0) is 53.6 Å². The molecule has 1 heterocycles. The number of carbonyl (C=O) groups excluding carboxylic acids is 1. The smallest absolute Gasteiger partial charge is 0.268 e. The monoisotopic (exact) mass is 354 g/mol. The summed E-state index contributed by atoms with van der Waals surface area (Å²) in [5.74, 6) is 0.448. The summed E-state index contributed by atoms with van der Waals surface area (Å²) >= 11 is 3.44. The molecule has 0 saturated heterocycles. The summed E-state index contributed by atoms with van der Waals surface area (Å²) in [6.45, 7) is 2.52. The number of carbonyl (C=O) groups is 1. The lowest BCUT2D eigenvalue weighted by Gasteiger charge is -2.35. The molecule has 0 radical (unpaired) electrons. The van der Waals surface area contributed by atoms with E-state index in [4.69, 9.17) is 0 Å². The Labute approximate surface area is 134 Å². The van der Waals surface area contributed by atoms with Crippen LogP contribution in [0.3, 0.4) is 0 Å². The molecule has 2 aliphatic carbocycles. The van der Waals surface area contributed by atoms with Crippen LogP contribution in [0.15, 0.2) is 16.7 Å². The van der Waals surface area contributed by atoms with Crippen molar-refractivity contribution in [1.29, 1.82) is 0 Å². The van der Waals surface area contributed by atoms with Crippen molar-refractivity contribution in [2.75, 3.05) is 6.54 Å². The van der Waals surface area contributed by atoms with Crippen LogP contribution in [0.1, 0.15) is 62.0 Å². The van der Waals surface area contributed by atoms with Crippen molar-refractivity contribution in [3.8, 4) is 0 Å². The van der Waals surface area contributed by atoms with Crippen molar-refractivity contribution in [3.05, 3.63) is 22.4 Å². The second kappa shape index (κ2) is 5.76. The van der Waals surface area contributed by atoms with Gasteiger partial charge in [0.1, 0.15) is 5.69 Å². The third-order valence-corrected chi connectivity index (χ3v) is 5.07. The van der Waals surface area contributed by atoms with Crippen LogP contribution in [0.4, 0.5) is 0 Å². The molecule has 0 spiro atoms. The SMILES string of the molecule is CC1CCCC(O)(CNC(=O)c2cc(Br)cn2C2CC2)C1. The van der Waals surface area contributed by atoms with Gasteiger partial charge in [0.05, 0.1) is 5.60 Å². The van der Waals surface area contributed by atoms with E-state index in [0.717, 1.165) is 36.6 Å². The number of nitrogens with zero attached hydrogens (tertiary/aromatic N) is 1. The van der Waals surface area contributed by atoms with Crippen molar-refractivity contribution >= 4 is 21.8 Å². The van der Waals surface area contributed by atoms with E-state index < -0.39 is 5.60 Å². The Kier molecular flexibility index (Phi) is 4.14. The summed E-state index contributed by atoms with van der Waals surface area (Å²) in [6, 6.07) is 2.33. The van der Waals surface area contributed by atoms with Gasteiger partial charge in [0.25, 0.3) is 5.91 Å². The van der Waals surface area contributed by atoms with Gasteiger partial charge in [-0.3, -0.25) is 4.79 Å². The third-order valence-electron chi connectivity index (χ3n) is 4.63. The van der Waals surface area contributed by atoms with E-state index in [9.17, 15) is 9.90 Å². The minimum Gasteiger partial charge on any atom is -0.388 e. The number of aliphatic hydroxyl groups is 1. The van der Waals surface area contributed by atoms with Gasteiger partial charge in [-0.25, -0.2) is 0 Å². The Balaban J connectivity index is 1.64. The van der Waals surface area contributed by atoms with E-state index >= 15 is 0 Å². The van der Waals surface area contributed by atoms with Gasteiger partial charge >= 0.3 is 0 Å². The first-order valence-electron chi connectivity index (χ1n) is 7.85. The normalized spacial score (nSPS) is 29.4. The zero-order chi connectivity index (χ0) is 15.0. The van der Waals surface area contributed by atoms with E-state index in [1.807, 2.05) is 16.8 Å². The van der Waals surface area contributed by atoms with Gasteiger partial charge in [0.2, 0.25) is 0 Å². The lowest BCUT2D eigenvalue weighted by molar-refractivity contribution is -0.0110. The molecule has 2 N–H and O–H groups in total. The number of nitrogens with one attached hydrogen (secondary N) is 1. The van der Waals surface area contributed by atoms with Gasteiger partial charge in [0.15, 0.2) is 0 Å². The van der Waals surface area contributed by atoms with Crippen LogP contribution in [-0.4, -0.2) is 27.7 Å². The topological polar surface area (TPSA) is 54.3 Å². The molecule has 116 valence electrons. The largest absolute Gasteiger partial charge is 0.388 e. The maximum absolute atomic E-state index is 12.4. The van der Waals surface area contributed by atoms with Crippen molar-refractivity contribution in [2.24, 2.45) is 5.92 Å². The van der Waals surface area contributed by atoms with E-state index in [0.29, 0.717) is 24.2 Å². The van der Waals surface area contributed by atoms with Crippen LogP contribution in [0, 0.1) is 5.92 Å². The highest BCUT2D eigenvalue weighted by atomic mass is 79.9. The van der Waals surface area contributed by atoms with Crippen LogP contribution in [0.25, 0.3) is 0 Å². The van der Waals surface area contributed by atoms with Crippen LogP contribution in [0.5, 0.6) is 0 Å². The third kappa shape index (κ3) is 3.51. The molecule has 4 nitrogen and oxygen atoms in total. The molecule has 5 heteroatoms. The molecule has 2 unspecified atom stereocenters. The molecule has 2 atom stereocenters. The second-order valence-corrected chi connectivity index (χ2v) is 7.71. The van der Waals surface area contributed by atoms with Crippen molar-refractivity contribution in [1.82, 2.24) is 9.88 Å². The number of rotatable bonds is 4. The maximum Gasteiger partial charge on any atom is 0.268 e. The summed E-state index contributed by atoms with van der Waals surface area (Å²) in [5, 5.41) is 13.5. The zero-order valence-corrected chi connectivity index (χ0v) is 14.0. The molecular formula is C16H23BrN2O2. The van der Waals surface area contributed by atoms with Crippen LogP contribution < -0.4 is 5.32 Å². The quantitative estimate of drug-likeness (QED) is 0.871. The molecule has 0 aromatic carbocycles. The zero-order valence-electron chi connectivity index (χ0n) is 12.4. The van der Waals surface area contributed by atoms with Crippen LogP contribution in [-0.2, 0) is 0 Å². The maximum atomic E-state index is 12.4. The minimum atomic E-state index is -0.735. The lowest BCUT2D eigenvalue weighted by atomic mass is 9.79. The first-order valence-corrected chi connectivity index (χ1v) is 8.64. The number of halogens is 1. The molecule has 2 aliphatic rings. The summed E-state index contributed by atoms with van der Waals surface area (Å²) in [7, 11) is 0. The average molecular weight is 355 g/mol. The molecule has 2 saturated carbocycles. The van der Waals surface area contributed by atoms with Gasteiger partial charge in [-0.2, -0.15) is 0 Å². The summed E-state index contributed by atoms with van der Waals surface area (Å²) < 4.78 is 2.98. The van der Waals surface area contributed by atoms with E-state index in [1.165, 1.54) is 6.42 Å². The number of hydrogen-bond donors (Lipinski definition) is 2. The summed E-state index contributed by atoms with van der Waals surface area (Å²) in [5.41, 5.74) is -0.0430. The fourth-order valence-corrected chi connectivity index (χ4v) is 3.85. The first-order chi connectivity index (χ1) is 9.97.